The van der Waals surface area contributed by atoms with Crippen LogP contribution in [0.2, 0.25) is 0 Å². The average molecular weight is 310 g/mol. The van der Waals surface area contributed by atoms with Crippen LogP contribution in [0.5, 0.6) is 5.88 Å². The Morgan fingerprint density at radius 1 is 1.33 bits per heavy atom. The number of methoxy groups -OCH3 is 1. The van der Waals surface area contributed by atoms with Gasteiger partial charge in [0.05, 0.1) is 11.6 Å². The van der Waals surface area contributed by atoms with E-state index in [0.717, 1.165) is 16.8 Å². The summed E-state index contributed by atoms with van der Waals surface area (Å²) in [5.41, 5.74) is 0.599. The van der Waals surface area contributed by atoms with Gasteiger partial charge < -0.3 is 10.1 Å². The highest BCUT2D eigenvalue weighted by molar-refractivity contribution is 9.10. The molecule has 2 aromatic heterocycles. The van der Waals surface area contributed by atoms with Crippen molar-refractivity contribution in [1.29, 1.82) is 0 Å². The number of ether oxygens (including phenoxy) is 1. The first-order valence-electron chi connectivity index (χ1n) is 5.39. The third-order valence-electron chi connectivity index (χ3n) is 2.17. The zero-order chi connectivity index (χ0) is 13.0. The number of hydrogen-bond donors (Lipinski definition) is 1. The van der Waals surface area contributed by atoms with Crippen LogP contribution in [0.4, 0.5) is 5.82 Å². The Morgan fingerprint density at radius 3 is 2.78 bits per heavy atom. The predicted molar refractivity (Wildman–Crippen MR) is 71.5 cm³/mol. The summed E-state index contributed by atoms with van der Waals surface area (Å²) in [6, 6.07) is 3.49. The fourth-order valence-corrected chi connectivity index (χ4v) is 1.66. The summed E-state index contributed by atoms with van der Waals surface area (Å²) in [7, 11) is 1.54. The molecule has 0 spiro atoms. The lowest BCUT2D eigenvalue weighted by atomic mass is 10.3. The van der Waals surface area contributed by atoms with Gasteiger partial charge in [-0.3, -0.25) is 0 Å². The Kier molecular flexibility index (Phi) is 4.03. The zero-order valence-electron chi connectivity index (χ0n) is 10.0. The van der Waals surface area contributed by atoms with Crippen LogP contribution in [0.25, 0.3) is 11.5 Å². The molecule has 0 radical (unpaired) electrons. The van der Waals surface area contributed by atoms with Gasteiger partial charge in [0, 0.05) is 18.8 Å². The molecule has 0 saturated carbocycles. The minimum absolute atomic E-state index is 0.461. The van der Waals surface area contributed by atoms with Crippen molar-refractivity contribution in [2.24, 2.45) is 0 Å². The topological polar surface area (TPSA) is 72.8 Å². The van der Waals surface area contributed by atoms with Crippen molar-refractivity contribution in [3.63, 3.8) is 0 Å². The van der Waals surface area contributed by atoms with E-state index < -0.39 is 0 Å². The van der Waals surface area contributed by atoms with Crippen LogP contribution in [0.1, 0.15) is 6.92 Å². The summed E-state index contributed by atoms with van der Waals surface area (Å²) in [5, 5.41) is 11.0. The Labute approximate surface area is 113 Å². The molecule has 94 valence electrons. The third kappa shape index (κ3) is 2.73. The second-order valence-corrected chi connectivity index (χ2v) is 4.24. The van der Waals surface area contributed by atoms with Crippen molar-refractivity contribution in [3.8, 4) is 17.4 Å². The Morgan fingerprint density at radius 2 is 2.17 bits per heavy atom. The molecule has 0 bridgehead atoms. The van der Waals surface area contributed by atoms with Gasteiger partial charge in [0.1, 0.15) is 11.5 Å². The molecular formula is C11H12BrN5O. The van der Waals surface area contributed by atoms with E-state index in [4.69, 9.17) is 4.74 Å². The molecule has 2 heterocycles. The maximum absolute atomic E-state index is 4.95. The predicted octanol–water partition coefficient (Wildman–Crippen LogP) is 2.14. The molecule has 2 rings (SSSR count). The lowest BCUT2D eigenvalue weighted by Gasteiger charge is -2.06. The van der Waals surface area contributed by atoms with Gasteiger partial charge in [-0.25, -0.2) is 9.97 Å². The first-order valence-corrected chi connectivity index (χ1v) is 6.18. The molecule has 1 N–H and O–H groups in total. The first kappa shape index (κ1) is 12.7. The molecule has 6 nitrogen and oxygen atoms in total. The van der Waals surface area contributed by atoms with Crippen molar-refractivity contribution >= 4 is 21.7 Å². The van der Waals surface area contributed by atoms with E-state index in [0.29, 0.717) is 17.4 Å². The minimum Gasteiger partial charge on any atom is -0.480 e. The molecular weight excluding hydrogens is 298 g/mol. The Hall–Kier alpha value is -1.76. The van der Waals surface area contributed by atoms with Gasteiger partial charge in [0.2, 0.25) is 5.88 Å². The van der Waals surface area contributed by atoms with Crippen molar-refractivity contribution in [1.82, 2.24) is 20.2 Å². The second-order valence-electron chi connectivity index (χ2n) is 3.38. The number of nitrogens with one attached hydrogen (secondary N) is 1. The summed E-state index contributed by atoms with van der Waals surface area (Å²) < 4.78 is 5.77. The molecule has 7 heteroatoms. The number of nitrogens with zero attached hydrogens (tertiary/aromatic N) is 4. The molecule has 0 atom stereocenters. The molecule has 0 aliphatic rings. The lowest BCUT2D eigenvalue weighted by Crippen LogP contribution is -2.03. The molecule has 0 saturated heterocycles. The molecule has 2 aromatic rings. The fraction of sp³-hybridized carbons (Fsp3) is 0.273. The van der Waals surface area contributed by atoms with E-state index in [9.17, 15) is 0 Å². The summed E-state index contributed by atoms with van der Waals surface area (Å²) >= 11 is 3.38. The van der Waals surface area contributed by atoms with Gasteiger partial charge in [0.25, 0.3) is 0 Å². The second kappa shape index (κ2) is 5.72. The molecule has 0 aliphatic carbocycles. The summed E-state index contributed by atoms with van der Waals surface area (Å²) in [4.78, 5) is 8.58. The SMILES string of the molecule is CCNc1nc(-c2ccc(OC)nn2)ncc1Br. The molecule has 0 fully saturated rings. The van der Waals surface area contributed by atoms with Crippen LogP contribution in [0.15, 0.2) is 22.8 Å². The molecule has 0 aromatic carbocycles. The van der Waals surface area contributed by atoms with Crippen LogP contribution in [-0.2, 0) is 0 Å². The van der Waals surface area contributed by atoms with Crippen molar-refractivity contribution in [3.05, 3.63) is 22.8 Å². The number of aromatic nitrogens is 4. The fourth-order valence-electron chi connectivity index (χ4n) is 1.33. The maximum atomic E-state index is 4.95. The van der Waals surface area contributed by atoms with Crippen LogP contribution in [0, 0.1) is 0 Å². The maximum Gasteiger partial charge on any atom is 0.233 e. The smallest absolute Gasteiger partial charge is 0.233 e. The van der Waals surface area contributed by atoms with E-state index >= 15 is 0 Å². The standard InChI is InChI=1S/C11H12BrN5O/c1-3-13-10-7(12)6-14-11(15-10)8-4-5-9(18-2)17-16-8/h4-6H,3H2,1-2H3,(H,13,14,15). The summed E-state index contributed by atoms with van der Waals surface area (Å²) in [6.07, 6.45) is 1.69. The molecule has 0 unspecified atom stereocenters. The Bertz CT molecular complexity index is 531. The van der Waals surface area contributed by atoms with Crippen LogP contribution >= 0.6 is 15.9 Å². The van der Waals surface area contributed by atoms with E-state index in [-0.39, 0.29) is 0 Å². The minimum atomic E-state index is 0.461. The average Bonchev–Trinajstić information content (AvgIpc) is 2.42. The van der Waals surface area contributed by atoms with E-state index in [1.807, 2.05) is 6.92 Å². The van der Waals surface area contributed by atoms with Gasteiger partial charge >= 0.3 is 0 Å². The van der Waals surface area contributed by atoms with Gasteiger partial charge in [-0.1, -0.05) is 0 Å². The molecule has 0 aliphatic heterocycles. The van der Waals surface area contributed by atoms with Gasteiger partial charge in [-0.05, 0) is 28.9 Å². The van der Waals surface area contributed by atoms with Gasteiger partial charge in [-0.2, -0.15) is 0 Å². The van der Waals surface area contributed by atoms with E-state index in [1.54, 1.807) is 25.4 Å². The number of anilines is 1. The van der Waals surface area contributed by atoms with Crippen LogP contribution in [0.3, 0.4) is 0 Å². The van der Waals surface area contributed by atoms with Crippen molar-refractivity contribution < 1.29 is 4.74 Å². The highest BCUT2D eigenvalue weighted by Gasteiger charge is 2.08. The summed E-state index contributed by atoms with van der Waals surface area (Å²) in [6.45, 7) is 2.78. The monoisotopic (exact) mass is 309 g/mol. The van der Waals surface area contributed by atoms with Crippen LogP contribution < -0.4 is 10.1 Å². The third-order valence-corrected chi connectivity index (χ3v) is 2.75. The van der Waals surface area contributed by atoms with Crippen molar-refractivity contribution in [2.75, 3.05) is 19.0 Å². The first-order chi connectivity index (χ1) is 8.74. The molecule has 0 amide bonds. The highest BCUT2D eigenvalue weighted by atomic mass is 79.9. The normalized spacial score (nSPS) is 10.2. The number of rotatable bonds is 4. The van der Waals surface area contributed by atoms with Gasteiger partial charge in [0.15, 0.2) is 5.82 Å². The van der Waals surface area contributed by atoms with E-state index in [1.165, 1.54) is 0 Å². The lowest BCUT2D eigenvalue weighted by molar-refractivity contribution is 0.392. The van der Waals surface area contributed by atoms with E-state index in [2.05, 4.69) is 41.4 Å². The van der Waals surface area contributed by atoms with Crippen LogP contribution in [-0.4, -0.2) is 33.8 Å². The van der Waals surface area contributed by atoms with Gasteiger partial charge in [-0.15, -0.1) is 10.2 Å². The number of hydrogen-bond acceptors (Lipinski definition) is 6. The molecule has 18 heavy (non-hydrogen) atoms. The number of halogens is 1. The Balaban J connectivity index is 2.34. The quantitative estimate of drug-likeness (QED) is 0.933. The highest BCUT2D eigenvalue weighted by Crippen LogP contribution is 2.22. The summed E-state index contributed by atoms with van der Waals surface area (Å²) in [5.74, 6) is 1.71. The van der Waals surface area contributed by atoms with Crippen molar-refractivity contribution in [2.45, 2.75) is 6.92 Å². The zero-order valence-corrected chi connectivity index (χ0v) is 11.6. The largest absolute Gasteiger partial charge is 0.480 e.